The Labute approximate surface area is 218 Å². The molecule has 0 aliphatic heterocycles. The minimum absolute atomic E-state index is 0.0938. The summed E-state index contributed by atoms with van der Waals surface area (Å²) in [5.41, 5.74) is 1.01. The molecule has 186 valence electrons. The summed E-state index contributed by atoms with van der Waals surface area (Å²) in [6.07, 6.45) is 2.47. The van der Waals surface area contributed by atoms with E-state index in [0.717, 1.165) is 22.4 Å². The van der Waals surface area contributed by atoms with E-state index in [-0.39, 0.29) is 11.8 Å². The van der Waals surface area contributed by atoms with Crippen molar-refractivity contribution in [1.82, 2.24) is 0 Å². The fraction of sp³-hybridized carbons (Fsp3) is 0.379. The smallest absolute Gasteiger partial charge is 0.261 e. The van der Waals surface area contributed by atoms with Crippen LogP contribution in [0.1, 0.15) is 39.2 Å². The summed E-state index contributed by atoms with van der Waals surface area (Å²) in [5, 5.41) is 2.43. The number of hydrogen-bond donors (Lipinski definition) is 0. The Morgan fingerprint density at radius 3 is 1.97 bits per heavy atom. The lowest BCUT2D eigenvalue weighted by Crippen LogP contribution is -2.66. The van der Waals surface area contributed by atoms with E-state index in [1.165, 1.54) is 23.2 Å². The molecule has 4 nitrogen and oxygen atoms in total. The van der Waals surface area contributed by atoms with Gasteiger partial charge < -0.3 is 18.6 Å². The maximum absolute atomic E-state index is 7.16. The van der Waals surface area contributed by atoms with E-state index in [1.54, 1.807) is 7.11 Å². The molecule has 0 amide bonds. The van der Waals surface area contributed by atoms with Crippen molar-refractivity contribution in [3.8, 4) is 11.5 Å². The second kappa shape index (κ2) is 11.3. The predicted molar refractivity (Wildman–Crippen MR) is 147 cm³/mol. The highest BCUT2D eigenvalue weighted by molar-refractivity contribution is 9.10. The molecule has 1 fully saturated rings. The van der Waals surface area contributed by atoms with E-state index >= 15 is 0 Å². The molecule has 1 aliphatic carbocycles. The van der Waals surface area contributed by atoms with Gasteiger partial charge in [0.2, 0.25) is 0 Å². The van der Waals surface area contributed by atoms with Gasteiger partial charge in [0.25, 0.3) is 8.32 Å². The van der Waals surface area contributed by atoms with Crippen molar-refractivity contribution in [3.05, 3.63) is 82.8 Å². The molecule has 0 bridgehead atoms. The van der Waals surface area contributed by atoms with Gasteiger partial charge in [-0.25, -0.2) is 0 Å². The second-order valence-electron chi connectivity index (χ2n) is 10.1. The standard InChI is InChI=1S/C29H35BrO4Si/c1-29(2,3)35(24-11-7-5-8-12-24,25-13-9-6-10-14-25)34-20-23-17-26(30)28(33-21-31-4)18-27(23)32-19-22-15-16-22/h5-14,17-18,22H,15-16,19-21H2,1-4H3. The third kappa shape index (κ3) is 6.00. The summed E-state index contributed by atoms with van der Waals surface area (Å²) in [6, 6.07) is 25.4. The molecule has 3 aromatic rings. The number of rotatable bonds is 11. The second-order valence-corrected chi connectivity index (χ2v) is 15.3. The fourth-order valence-corrected chi connectivity index (χ4v) is 9.53. The number of methoxy groups -OCH3 is 1. The van der Waals surface area contributed by atoms with Crippen LogP contribution in [0.25, 0.3) is 0 Å². The van der Waals surface area contributed by atoms with E-state index in [4.69, 9.17) is 18.6 Å². The van der Waals surface area contributed by atoms with Gasteiger partial charge in [-0.15, -0.1) is 0 Å². The van der Waals surface area contributed by atoms with Gasteiger partial charge in [-0.2, -0.15) is 0 Å². The largest absolute Gasteiger partial charge is 0.493 e. The van der Waals surface area contributed by atoms with Crippen LogP contribution in [-0.4, -0.2) is 28.8 Å². The van der Waals surface area contributed by atoms with Crippen molar-refractivity contribution in [1.29, 1.82) is 0 Å². The number of ether oxygens (including phenoxy) is 3. The lowest BCUT2D eigenvalue weighted by atomic mass is 10.2. The topological polar surface area (TPSA) is 36.9 Å². The predicted octanol–water partition coefficient (Wildman–Crippen LogP) is 6.30. The van der Waals surface area contributed by atoms with Crippen LogP contribution in [0.15, 0.2) is 77.3 Å². The van der Waals surface area contributed by atoms with Crippen molar-refractivity contribution < 1.29 is 18.6 Å². The first-order valence-electron chi connectivity index (χ1n) is 12.2. The maximum Gasteiger partial charge on any atom is 0.261 e. The van der Waals surface area contributed by atoms with Crippen LogP contribution in [0.3, 0.4) is 0 Å². The van der Waals surface area contributed by atoms with E-state index in [0.29, 0.717) is 18.3 Å². The molecule has 0 aromatic heterocycles. The molecular formula is C29H35BrO4Si. The number of hydrogen-bond acceptors (Lipinski definition) is 4. The lowest BCUT2D eigenvalue weighted by molar-refractivity contribution is 0.0503. The molecule has 0 N–H and O–H groups in total. The zero-order chi connectivity index (χ0) is 24.9. The Balaban J connectivity index is 1.73. The highest BCUT2D eigenvalue weighted by Gasteiger charge is 2.50. The first kappa shape index (κ1) is 26.0. The highest BCUT2D eigenvalue weighted by Crippen LogP contribution is 2.40. The van der Waals surface area contributed by atoms with Gasteiger partial charge in [0.05, 0.1) is 17.7 Å². The van der Waals surface area contributed by atoms with Gasteiger partial charge in [0, 0.05) is 18.7 Å². The van der Waals surface area contributed by atoms with Gasteiger partial charge in [-0.1, -0.05) is 81.4 Å². The maximum atomic E-state index is 7.16. The zero-order valence-electron chi connectivity index (χ0n) is 21.1. The van der Waals surface area contributed by atoms with Crippen LogP contribution in [0, 0.1) is 5.92 Å². The molecule has 0 spiro atoms. The van der Waals surface area contributed by atoms with E-state index in [9.17, 15) is 0 Å². The number of benzene rings is 3. The molecule has 0 heterocycles. The minimum Gasteiger partial charge on any atom is -0.493 e. The van der Waals surface area contributed by atoms with E-state index < -0.39 is 8.32 Å². The molecule has 0 unspecified atom stereocenters. The Morgan fingerprint density at radius 2 is 1.46 bits per heavy atom. The first-order valence-corrected chi connectivity index (χ1v) is 14.9. The van der Waals surface area contributed by atoms with Crippen LogP contribution in [-0.2, 0) is 15.8 Å². The van der Waals surface area contributed by atoms with Crippen molar-refractivity contribution in [2.45, 2.75) is 45.3 Å². The van der Waals surface area contributed by atoms with Crippen molar-refractivity contribution in [2.24, 2.45) is 5.92 Å². The van der Waals surface area contributed by atoms with Crippen molar-refractivity contribution in [3.63, 3.8) is 0 Å². The molecule has 3 aromatic carbocycles. The van der Waals surface area contributed by atoms with E-state index in [1.807, 2.05) is 6.07 Å². The summed E-state index contributed by atoms with van der Waals surface area (Å²) >= 11 is 3.67. The lowest BCUT2D eigenvalue weighted by Gasteiger charge is -2.43. The van der Waals surface area contributed by atoms with Crippen molar-refractivity contribution >= 4 is 34.6 Å². The Morgan fingerprint density at radius 1 is 0.857 bits per heavy atom. The van der Waals surface area contributed by atoms with Crippen LogP contribution in [0.5, 0.6) is 11.5 Å². The summed E-state index contributed by atoms with van der Waals surface area (Å²) < 4.78 is 25.2. The average Bonchev–Trinajstić information content (AvgIpc) is 3.68. The molecule has 0 radical (unpaired) electrons. The van der Waals surface area contributed by atoms with E-state index in [2.05, 4.69) is 103 Å². The summed E-state index contributed by atoms with van der Waals surface area (Å²) in [6.45, 7) is 8.22. The normalized spacial score (nSPS) is 14.1. The van der Waals surface area contributed by atoms with Crippen molar-refractivity contribution in [2.75, 3.05) is 20.5 Å². The molecule has 1 aliphatic rings. The van der Waals surface area contributed by atoms with Gasteiger partial charge in [-0.05, 0) is 56.2 Å². The third-order valence-electron chi connectivity index (χ3n) is 6.48. The van der Waals surface area contributed by atoms with Gasteiger partial charge in [0.1, 0.15) is 11.5 Å². The molecule has 0 atom stereocenters. The van der Waals surface area contributed by atoms with Gasteiger partial charge >= 0.3 is 0 Å². The summed E-state index contributed by atoms with van der Waals surface area (Å²) in [4.78, 5) is 0. The third-order valence-corrected chi connectivity index (χ3v) is 12.1. The molecule has 4 rings (SSSR count). The highest BCUT2D eigenvalue weighted by atomic mass is 79.9. The number of halogens is 1. The molecule has 1 saturated carbocycles. The summed E-state index contributed by atoms with van der Waals surface area (Å²) in [5.74, 6) is 2.16. The SMILES string of the molecule is COCOc1cc(OCC2CC2)c(CO[Si](c2ccccc2)(c2ccccc2)C(C)(C)C)cc1Br. The Kier molecular flexibility index (Phi) is 8.37. The van der Waals surface area contributed by atoms with Crippen LogP contribution < -0.4 is 19.8 Å². The van der Waals surface area contributed by atoms with Gasteiger partial charge in [-0.3, -0.25) is 0 Å². The molecule has 0 saturated heterocycles. The monoisotopic (exact) mass is 554 g/mol. The minimum atomic E-state index is -2.66. The zero-order valence-corrected chi connectivity index (χ0v) is 23.6. The molecular weight excluding hydrogens is 520 g/mol. The van der Waals surface area contributed by atoms with Crippen LogP contribution in [0.2, 0.25) is 5.04 Å². The molecule has 35 heavy (non-hydrogen) atoms. The molecule has 6 heteroatoms. The average molecular weight is 556 g/mol. The van der Waals surface area contributed by atoms with Crippen LogP contribution >= 0.6 is 15.9 Å². The fourth-order valence-electron chi connectivity index (χ4n) is 4.50. The Bertz CT molecular complexity index is 1060. The summed E-state index contributed by atoms with van der Waals surface area (Å²) in [7, 11) is -1.05. The first-order chi connectivity index (χ1) is 16.8. The van der Waals surface area contributed by atoms with Gasteiger partial charge in [0.15, 0.2) is 6.79 Å². The Hall–Kier alpha value is -2.12. The quantitative estimate of drug-likeness (QED) is 0.206. The van der Waals surface area contributed by atoms with Crippen LogP contribution in [0.4, 0.5) is 0 Å².